The molecule has 0 atom stereocenters. The molecule has 3 aromatic carbocycles. The molecular weight excluding hydrogens is 394 g/mol. The molecule has 160 valence electrons. The quantitative estimate of drug-likeness (QED) is 0.648. The molecule has 0 spiro atoms. The number of methoxy groups -OCH3 is 1. The molecule has 2 N–H and O–H groups in total. The van der Waals surface area contributed by atoms with Crippen LogP contribution in [-0.4, -0.2) is 34.7 Å². The van der Waals surface area contributed by atoms with Crippen LogP contribution < -0.4 is 9.47 Å². The second-order valence-corrected chi connectivity index (χ2v) is 7.63. The molecule has 0 unspecified atom stereocenters. The zero-order valence-electron chi connectivity index (χ0n) is 17.6. The summed E-state index contributed by atoms with van der Waals surface area (Å²) in [5.41, 5.74) is 3.59. The maximum Gasteiger partial charge on any atom is 0.261 e. The Kier molecular flexibility index (Phi) is 5.71. The van der Waals surface area contributed by atoms with Gasteiger partial charge in [-0.3, -0.25) is 4.79 Å². The molecule has 1 amide bonds. The molecule has 6 heteroatoms. The van der Waals surface area contributed by atoms with Crippen molar-refractivity contribution in [3.8, 4) is 23.0 Å². The molecule has 31 heavy (non-hydrogen) atoms. The normalized spacial score (nSPS) is 12.9. The fourth-order valence-corrected chi connectivity index (χ4v) is 3.84. The van der Waals surface area contributed by atoms with E-state index in [0.29, 0.717) is 25.1 Å². The molecule has 0 fully saturated rings. The number of rotatable bonds is 5. The number of ether oxygens (including phenoxy) is 2. The van der Waals surface area contributed by atoms with Crippen LogP contribution in [-0.2, 0) is 19.6 Å². The summed E-state index contributed by atoms with van der Waals surface area (Å²) >= 11 is 0. The number of phenolic OH excluding ortho intramolecular Hbond substituents is 2. The molecule has 6 nitrogen and oxygen atoms in total. The van der Waals surface area contributed by atoms with E-state index in [9.17, 15) is 15.0 Å². The Morgan fingerprint density at radius 2 is 1.81 bits per heavy atom. The molecule has 0 radical (unpaired) electrons. The van der Waals surface area contributed by atoms with Gasteiger partial charge in [0, 0.05) is 24.7 Å². The molecule has 0 aromatic heterocycles. The molecule has 1 heterocycles. The van der Waals surface area contributed by atoms with Crippen molar-refractivity contribution in [2.24, 2.45) is 0 Å². The highest BCUT2D eigenvalue weighted by molar-refractivity contribution is 6.00. The first-order valence-electron chi connectivity index (χ1n) is 10.1. The van der Waals surface area contributed by atoms with Crippen LogP contribution >= 0.6 is 0 Å². The highest BCUT2D eigenvalue weighted by atomic mass is 16.5. The second-order valence-electron chi connectivity index (χ2n) is 7.63. The van der Waals surface area contributed by atoms with Gasteiger partial charge in [0.25, 0.3) is 5.91 Å². The van der Waals surface area contributed by atoms with Gasteiger partial charge in [-0.2, -0.15) is 0 Å². The highest BCUT2D eigenvalue weighted by Crippen LogP contribution is 2.39. The molecule has 4 rings (SSSR count). The smallest absolute Gasteiger partial charge is 0.261 e. The van der Waals surface area contributed by atoms with Gasteiger partial charge in [-0.15, -0.1) is 0 Å². The number of nitrogens with zero attached hydrogens (tertiary/aromatic N) is 1. The van der Waals surface area contributed by atoms with Gasteiger partial charge in [-0.05, 0) is 42.2 Å². The first kappa shape index (κ1) is 20.6. The molecule has 1 aliphatic rings. The maximum absolute atomic E-state index is 13.5. The van der Waals surface area contributed by atoms with Gasteiger partial charge >= 0.3 is 0 Å². The number of carbonyl (C=O) groups excluding carboxylic acids is 1. The predicted octanol–water partition coefficient (Wildman–Crippen LogP) is 4.19. The third-order valence-corrected chi connectivity index (χ3v) is 5.63. The van der Waals surface area contributed by atoms with E-state index in [1.807, 2.05) is 48.5 Å². The summed E-state index contributed by atoms with van der Waals surface area (Å²) < 4.78 is 11.3. The van der Waals surface area contributed by atoms with Crippen molar-refractivity contribution in [2.45, 2.75) is 26.5 Å². The number of carbonyl (C=O) groups is 1. The molecule has 0 saturated carbocycles. The van der Waals surface area contributed by atoms with Crippen molar-refractivity contribution in [1.29, 1.82) is 0 Å². The van der Waals surface area contributed by atoms with Crippen molar-refractivity contribution in [2.75, 3.05) is 13.7 Å². The molecule has 0 bridgehead atoms. The summed E-state index contributed by atoms with van der Waals surface area (Å²) in [6, 6.07) is 16.6. The van der Waals surface area contributed by atoms with E-state index in [4.69, 9.17) is 9.47 Å². The van der Waals surface area contributed by atoms with Crippen LogP contribution in [0.15, 0.2) is 54.6 Å². The van der Waals surface area contributed by atoms with Crippen LogP contribution in [0.25, 0.3) is 0 Å². The largest absolute Gasteiger partial charge is 0.507 e. The number of hydrogen-bond donors (Lipinski definition) is 2. The number of fused-ring (bicyclic) bond motifs is 1. The van der Waals surface area contributed by atoms with Crippen LogP contribution in [0.3, 0.4) is 0 Å². The standard InChI is InChI=1S/C25H25NO5/c1-16-21(27)13-22(28)23(24(16)31-15-17-6-4-3-5-7-17)25(29)26-11-10-18-8-9-20(30-2)12-19(18)14-26/h3-9,12-13,27-28H,10-11,14-15H2,1-2H3. The Balaban J connectivity index is 1.65. The summed E-state index contributed by atoms with van der Waals surface area (Å²) in [4.78, 5) is 15.1. The van der Waals surface area contributed by atoms with Crippen molar-refractivity contribution < 1.29 is 24.5 Å². The van der Waals surface area contributed by atoms with E-state index in [-0.39, 0.29) is 35.3 Å². The molecule has 1 aliphatic heterocycles. The summed E-state index contributed by atoms with van der Waals surface area (Å²) in [6.07, 6.45) is 0.711. The minimum atomic E-state index is -0.336. The van der Waals surface area contributed by atoms with Crippen LogP contribution in [0.5, 0.6) is 23.0 Å². The minimum absolute atomic E-state index is 0.0672. The lowest BCUT2D eigenvalue weighted by Gasteiger charge is -2.30. The summed E-state index contributed by atoms with van der Waals surface area (Å²) in [5, 5.41) is 20.8. The Bertz CT molecular complexity index is 1110. The maximum atomic E-state index is 13.5. The van der Waals surface area contributed by atoms with E-state index < -0.39 is 0 Å². The number of benzene rings is 3. The van der Waals surface area contributed by atoms with Gasteiger partial charge in [-0.25, -0.2) is 0 Å². The third kappa shape index (κ3) is 4.14. The average molecular weight is 419 g/mol. The van der Waals surface area contributed by atoms with E-state index >= 15 is 0 Å². The van der Waals surface area contributed by atoms with Crippen molar-refractivity contribution in [3.05, 3.63) is 82.4 Å². The number of hydrogen-bond acceptors (Lipinski definition) is 5. The zero-order valence-corrected chi connectivity index (χ0v) is 17.6. The van der Waals surface area contributed by atoms with Crippen molar-refractivity contribution in [3.63, 3.8) is 0 Å². The van der Waals surface area contributed by atoms with Gasteiger partial charge in [0.1, 0.15) is 35.2 Å². The topological polar surface area (TPSA) is 79.2 Å². The van der Waals surface area contributed by atoms with E-state index in [2.05, 4.69) is 0 Å². The molecule has 3 aromatic rings. The Morgan fingerprint density at radius 3 is 2.55 bits per heavy atom. The molecule has 0 saturated heterocycles. The second kappa shape index (κ2) is 8.60. The zero-order chi connectivity index (χ0) is 22.0. The van der Waals surface area contributed by atoms with E-state index in [1.165, 1.54) is 11.6 Å². The van der Waals surface area contributed by atoms with Crippen molar-refractivity contribution >= 4 is 5.91 Å². The third-order valence-electron chi connectivity index (χ3n) is 5.63. The lowest BCUT2D eigenvalue weighted by atomic mass is 9.98. The fourth-order valence-electron chi connectivity index (χ4n) is 3.84. The summed E-state index contributed by atoms with van der Waals surface area (Å²) in [5.74, 6) is 0.182. The molecular formula is C25H25NO5. The monoisotopic (exact) mass is 419 g/mol. The highest BCUT2D eigenvalue weighted by Gasteiger charge is 2.29. The first-order chi connectivity index (χ1) is 15.0. The minimum Gasteiger partial charge on any atom is -0.507 e. The van der Waals surface area contributed by atoms with E-state index in [0.717, 1.165) is 16.9 Å². The van der Waals surface area contributed by atoms with Crippen LogP contribution in [0, 0.1) is 6.92 Å². The van der Waals surface area contributed by atoms with Crippen LogP contribution in [0.1, 0.15) is 32.6 Å². The van der Waals surface area contributed by atoms with Crippen molar-refractivity contribution in [1.82, 2.24) is 4.90 Å². The van der Waals surface area contributed by atoms with Gasteiger partial charge in [0.15, 0.2) is 0 Å². The van der Waals surface area contributed by atoms with Gasteiger partial charge < -0.3 is 24.6 Å². The number of amides is 1. The van der Waals surface area contributed by atoms with E-state index in [1.54, 1.807) is 18.9 Å². The number of aromatic hydroxyl groups is 2. The Labute approximate surface area is 181 Å². The Morgan fingerprint density at radius 1 is 1.03 bits per heavy atom. The summed E-state index contributed by atoms with van der Waals surface area (Å²) in [6.45, 7) is 2.81. The van der Waals surface area contributed by atoms with Gasteiger partial charge in [-0.1, -0.05) is 36.4 Å². The van der Waals surface area contributed by atoms with Gasteiger partial charge in [0.2, 0.25) is 0 Å². The SMILES string of the molecule is COc1ccc2c(c1)CN(C(=O)c1c(O)cc(O)c(C)c1OCc1ccccc1)CC2. The lowest BCUT2D eigenvalue weighted by molar-refractivity contribution is 0.0726. The number of phenols is 2. The fraction of sp³-hybridized carbons (Fsp3) is 0.240. The molecule has 0 aliphatic carbocycles. The lowest BCUT2D eigenvalue weighted by Crippen LogP contribution is -2.36. The summed E-state index contributed by atoms with van der Waals surface area (Å²) in [7, 11) is 1.61. The predicted molar refractivity (Wildman–Crippen MR) is 117 cm³/mol. The van der Waals surface area contributed by atoms with Crippen LogP contribution in [0.4, 0.5) is 0 Å². The Hall–Kier alpha value is -3.67. The first-order valence-corrected chi connectivity index (χ1v) is 10.1. The van der Waals surface area contributed by atoms with Crippen LogP contribution in [0.2, 0.25) is 0 Å². The average Bonchev–Trinajstić information content (AvgIpc) is 2.79. The van der Waals surface area contributed by atoms with Gasteiger partial charge in [0.05, 0.1) is 7.11 Å².